The van der Waals surface area contributed by atoms with Gasteiger partial charge in [0, 0.05) is 49.8 Å². The fourth-order valence-electron chi connectivity index (χ4n) is 3.27. The van der Waals surface area contributed by atoms with Crippen LogP contribution in [0.3, 0.4) is 0 Å². The van der Waals surface area contributed by atoms with Gasteiger partial charge in [0.25, 0.3) is 0 Å². The Morgan fingerprint density at radius 2 is 2.04 bits per heavy atom. The molecule has 4 heterocycles. The lowest BCUT2D eigenvalue weighted by molar-refractivity contribution is -0.355. The molecule has 7 heteroatoms. The van der Waals surface area contributed by atoms with Crippen molar-refractivity contribution in [3.63, 3.8) is 0 Å². The minimum Gasteiger partial charge on any atom is -0.441 e. The van der Waals surface area contributed by atoms with Crippen molar-refractivity contribution in [1.29, 1.82) is 0 Å². The Balaban J connectivity index is 1.76. The van der Waals surface area contributed by atoms with Gasteiger partial charge in [-0.3, -0.25) is 0 Å². The number of fused-ring (bicyclic) bond motifs is 2. The maximum absolute atomic E-state index is 15.0. The van der Waals surface area contributed by atoms with Crippen LogP contribution in [0, 0.1) is 6.92 Å². The van der Waals surface area contributed by atoms with Crippen LogP contribution in [0.1, 0.15) is 22.7 Å². The van der Waals surface area contributed by atoms with E-state index in [4.69, 9.17) is 4.42 Å². The molecule has 0 unspecified atom stereocenters. The highest BCUT2D eigenvalue weighted by molar-refractivity contribution is 6.58. The molecule has 2 aliphatic heterocycles. The SMILES string of the molecule is Cc1cc(/C=C/c2ccc(N(C)C)o2)n2c1C=C1C=CC=[N+]1[B-]2(F)F. The Labute approximate surface area is 144 Å². The molecular formula is C18H18BF2N3O. The normalized spacial score (nSPS) is 17.5. The van der Waals surface area contributed by atoms with Crippen molar-refractivity contribution in [3.05, 3.63) is 58.8 Å². The van der Waals surface area contributed by atoms with E-state index in [1.54, 1.807) is 36.4 Å². The van der Waals surface area contributed by atoms with E-state index in [0.717, 1.165) is 14.5 Å². The van der Waals surface area contributed by atoms with Crippen LogP contribution in [-0.4, -0.2) is 36.2 Å². The molecule has 0 saturated carbocycles. The average molecular weight is 341 g/mol. The number of hydrogen-bond acceptors (Lipinski definition) is 2. The van der Waals surface area contributed by atoms with Gasteiger partial charge in [-0.1, -0.05) is 0 Å². The van der Waals surface area contributed by atoms with Gasteiger partial charge in [-0.15, -0.1) is 0 Å². The highest BCUT2D eigenvalue weighted by Crippen LogP contribution is 2.34. The van der Waals surface area contributed by atoms with Crippen molar-refractivity contribution in [3.8, 4) is 0 Å². The first-order valence-corrected chi connectivity index (χ1v) is 8.09. The minimum atomic E-state index is -3.92. The molecule has 128 valence electrons. The summed E-state index contributed by atoms with van der Waals surface area (Å²) in [6.45, 7) is -2.07. The third-order valence-electron chi connectivity index (χ3n) is 4.52. The van der Waals surface area contributed by atoms with E-state index in [1.165, 1.54) is 6.21 Å². The number of aryl methyl sites for hydroxylation is 1. The Bertz CT molecular complexity index is 977. The van der Waals surface area contributed by atoms with E-state index < -0.39 is 6.97 Å². The topological polar surface area (TPSA) is 24.3 Å². The van der Waals surface area contributed by atoms with Gasteiger partial charge in [0.15, 0.2) is 11.6 Å². The fourth-order valence-corrected chi connectivity index (χ4v) is 3.27. The highest BCUT2D eigenvalue weighted by atomic mass is 19.2. The number of nitrogens with zero attached hydrogens (tertiary/aromatic N) is 3. The summed E-state index contributed by atoms with van der Waals surface area (Å²) >= 11 is 0. The van der Waals surface area contributed by atoms with Crippen LogP contribution < -0.4 is 4.90 Å². The summed E-state index contributed by atoms with van der Waals surface area (Å²) in [7, 11) is 3.76. The smallest absolute Gasteiger partial charge is 0.441 e. The van der Waals surface area contributed by atoms with Crippen molar-refractivity contribution in [2.45, 2.75) is 6.92 Å². The third-order valence-corrected chi connectivity index (χ3v) is 4.52. The van der Waals surface area contributed by atoms with Gasteiger partial charge in [-0.05, 0) is 36.8 Å². The molecule has 0 spiro atoms. The summed E-state index contributed by atoms with van der Waals surface area (Å²) in [6.07, 6.45) is 9.95. The van der Waals surface area contributed by atoms with Gasteiger partial charge >= 0.3 is 6.97 Å². The maximum atomic E-state index is 15.0. The molecule has 4 rings (SSSR count). The van der Waals surface area contributed by atoms with Gasteiger partial charge < -0.3 is 26.9 Å². The standard InChI is InChI=1S/C18H18BF2N3O/c1-13-11-15(6-7-16-8-9-18(25-16)22(2)3)24-17(13)12-14-5-4-10-23(14)19(24,20)21/h4-12H,1-3H3/b7-6+. The Morgan fingerprint density at radius 1 is 1.24 bits per heavy atom. The molecule has 25 heavy (non-hydrogen) atoms. The summed E-state index contributed by atoms with van der Waals surface area (Å²) < 4.78 is 37.9. The average Bonchev–Trinajstić information content (AvgIpc) is 3.25. The molecule has 0 fully saturated rings. The maximum Gasteiger partial charge on any atom is 0.737 e. The number of furan rings is 1. The Kier molecular flexibility index (Phi) is 3.35. The summed E-state index contributed by atoms with van der Waals surface area (Å²) in [5, 5.41) is 0. The number of halogens is 2. The zero-order valence-electron chi connectivity index (χ0n) is 14.3. The van der Waals surface area contributed by atoms with Crippen molar-refractivity contribution >= 4 is 37.3 Å². The first-order valence-electron chi connectivity index (χ1n) is 8.09. The van der Waals surface area contributed by atoms with Crippen LogP contribution in [0.4, 0.5) is 14.5 Å². The van der Waals surface area contributed by atoms with Crippen LogP contribution in [0.5, 0.6) is 0 Å². The third kappa shape index (κ3) is 2.38. The lowest BCUT2D eigenvalue weighted by Gasteiger charge is -2.29. The second-order valence-corrected chi connectivity index (χ2v) is 6.48. The van der Waals surface area contributed by atoms with Gasteiger partial charge in [0.2, 0.25) is 0 Å². The first-order chi connectivity index (χ1) is 11.9. The molecule has 4 nitrogen and oxygen atoms in total. The number of hydrogen-bond donors (Lipinski definition) is 0. The van der Waals surface area contributed by atoms with Crippen LogP contribution >= 0.6 is 0 Å². The number of allylic oxidation sites excluding steroid dienone is 2. The fraction of sp³-hybridized carbons (Fsp3) is 0.167. The summed E-state index contributed by atoms with van der Waals surface area (Å²) in [5.41, 5.74) is 2.35. The van der Waals surface area contributed by atoms with E-state index in [9.17, 15) is 0 Å². The van der Waals surface area contributed by atoms with Crippen molar-refractivity contribution in [1.82, 2.24) is 4.48 Å². The Hall–Kier alpha value is -2.83. The predicted octanol–water partition coefficient (Wildman–Crippen LogP) is 3.86. The molecule has 2 aromatic heterocycles. The van der Waals surface area contributed by atoms with Gasteiger partial charge in [0.1, 0.15) is 12.0 Å². The zero-order valence-corrected chi connectivity index (χ0v) is 14.3. The highest BCUT2D eigenvalue weighted by Gasteiger charge is 2.50. The second kappa shape index (κ2) is 5.34. The van der Waals surface area contributed by atoms with Crippen LogP contribution in [0.15, 0.2) is 40.5 Å². The molecule has 0 bridgehead atoms. The molecule has 0 N–H and O–H groups in total. The van der Waals surface area contributed by atoms with Crippen LogP contribution in [0.25, 0.3) is 18.2 Å². The molecule has 0 aliphatic carbocycles. The monoisotopic (exact) mass is 341 g/mol. The molecule has 0 atom stereocenters. The molecule has 0 amide bonds. The van der Waals surface area contributed by atoms with Crippen LogP contribution in [0.2, 0.25) is 0 Å². The summed E-state index contributed by atoms with van der Waals surface area (Å²) in [6, 6.07) is 5.44. The Morgan fingerprint density at radius 3 is 2.76 bits per heavy atom. The minimum absolute atomic E-state index is 0.455. The number of aromatic nitrogens is 1. The molecule has 0 radical (unpaired) electrons. The summed E-state index contributed by atoms with van der Waals surface area (Å²) in [5.74, 6) is 1.34. The van der Waals surface area contributed by atoms with Crippen molar-refractivity contribution in [2.75, 3.05) is 19.0 Å². The van der Waals surface area contributed by atoms with E-state index in [-0.39, 0.29) is 0 Å². The van der Waals surface area contributed by atoms with Crippen molar-refractivity contribution < 1.29 is 17.5 Å². The largest absolute Gasteiger partial charge is 0.737 e. The quantitative estimate of drug-likeness (QED) is 0.792. The van der Waals surface area contributed by atoms with Gasteiger partial charge in [-0.2, -0.15) is 0 Å². The lowest BCUT2D eigenvalue weighted by Crippen LogP contribution is -2.49. The van der Waals surface area contributed by atoms with Gasteiger partial charge in [-0.25, -0.2) is 0 Å². The number of anilines is 1. The predicted molar refractivity (Wildman–Crippen MR) is 97.9 cm³/mol. The molecule has 0 aromatic carbocycles. The van der Waals surface area contributed by atoms with E-state index in [2.05, 4.69) is 0 Å². The van der Waals surface area contributed by atoms with Gasteiger partial charge in [0.05, 0.1) is 0 Å². The second-order valence-electron chi connectivity index (χ2n) is 6.48. The van der Waals surface area contributed by atoms with E-state index in [1.807, 2.05) is 38.1 Å². The van der Waals surface area contributed by atoms with E-state index in [0.29, 0.717) is 28.7 Å². The molecular weight excluding hydrogens is 323 g/mol. The molecule has 2 aliphatic rings. The number of rotatable bonds is 3. The summed E-state index contributed by atoms with van der Waals surface area (Å²) in [4.78, 5) is 1.85. The molecule has 2 aromatic rings. The molecule has 0 saturated heterocycles. The van der Waals surface area contributed by atoms with Crippen molar-refractivity contribution in [2.24, 2.45) is 0 Å². The zero-order chi connectivity index (χ0) is 17.8. The van der Waals surface area contributed by atoms with E-state index >= 15 is 8.63 Å². The first kappa shape index (κ1) is 15.7. The van der Waals surface area contributed by atoms with Crippen LogP contribution in [-0.2, 0) is 0 Å². The lowest BCUT2D eigenvalue weighted by atomic mass is 9.91.